The first kappa shape index (κ1) is 13.0. The molecule has 19 heavy (non-hydrogen) atoms. The number of halogens is 2. The van der Waals surface area contributed by atoms with Crippen LogP contribution in [0.15, 0.2) is 18.2 Å². The number of carbonyl (C=O) groups is 1. The van der Waals surface area contributed by atoms with Crippen molar-refractivity contribution in [2.75, 3.05) is 5.73 Å². The lowest BCUT2D eigenvalue weighted by Crippen LogP contribution is -2.24. The number of benzene rings is 1. The van der Waals surface area contributed by atoms with Gasteiger partial charge in [0.15, 0.2) is 5.82 Å². The SMILES string of the molecule is Cc1[nH]nc(N)c1C(=O)NCc1ccc(F)cc1F. The normalized spacial score (nSPS) is 10.5. The number of aromatic amines is 1. The number of nitrogens with one attached hydrogen (secondary N) is 2. The second-order valence-electron chi connectivity index (χ2n) is 4.03. The van der Waals surface area contributed by atoms with E-state index in [4.69, 9.17) is 5.73 Å². The first-order chi connectivity index (χ1) is 8.99. The minimum Gasteiger partial charge on any atom is -0.382 e. The van der Waals surface area contributed by atoms with Crippen molar-refractivity contribution in [2.45, 2.75) is 13.5 Å². The van der Waals surface area contributed by atoms with Crippen molar-refractivity contribution < 1.29 is 13.6 Å². The Morgan fingerprint density at radius 2 is 2.21 bits per heavy atom. The predicted molar refractivity (Wildman–Crippen MR) is 65.3 cm³/mol. The number of nitrogens with two attached hydrogens (primary N) is 1. The second-order valence-corrected chi connectivity index (χ2v) is 4.03. The first-order valence-electron chi connectivity index (χ1n) is 5.51. The van der Waals surface area contributed by atoms with E-state index in [2.05, 4.69) is 15.5 Å². The average molecular weight is 266 g/mol. The molecule has 2 aromatic rings. The van der Waals surface area contributed by atoms with E-state index in [0.29, 0.717) is 5.69 Å². The maximum atomic E-state index is 13.4. The van der Waals surface area contributed by atoms with E-state index >= 15 is 0 Å². The van der Waals surface area contributed by atoms with E-state index in [-0.39, 0.29) is 23.5 Å². The standard InChI is InChI=1S/C12H12F2N4O/c1-6-10(11(15)18-17-6)12(19)16-5-7-2-3-8(13)4-9(7)14/h2-4H,5H2,1H3,(H,16,19)(H3,15,17,18). The number of aryl methyl sites for hydroxylation is 1. The van der Waals surface area contributed by atoms with E-state index in [0.717, 1.165) is 12.1 Å². The van der Waals surface area contributed by atoms with Gasteiger partial charge < -0.3 is 11.1 Å². The van der Waals surface area contributed by atoms with Crippen LogP contribution in [0.2, 0.25) is 0 Å². The molecule has 0 spiro atoms. The van der Waals surface area contributed by atoms with Crippen LogP contribution in [0, 0.1) is 18.6 Å². The lowest BCUT2D eigenvalue weighted by molar-refractivity contribution is 0.0951. The maximum absolute atomic E-state index is 13.4. The third kappa shape index (κ3) is 2.70. The highest BCUT2D eigenvalue weighted by Gasteiger charge is 2.16. The molecule has 1 heterocycles. The van der Waals surface area contributed by atoms with Crippen molar-refractivity contribution in [1.82, 2.24) is 15.5 Å². The summed E-state index contributed by atoms with van der Waals surface area (Å²) < 4.78 is 26.1. The Morgan fingerprint density at radius 3 is 2.79 bits per heavy atom. The molecule has 0 bridgehead atoms. The Labute approximate surface area is 107 Å². The van der Waals surface area contributed by atoms with Crippen molar-refractivity contribution in [2.24, 2.45) is 0 Å². The summed E-state index contributed by atoms with van der Waals surface area (Å²) in [4.78, 5) is 11.9. The number of H-pyrrole nitrogens is 1. The van der Waals surface area contributed by atoms with Gasteiger partial charge in [-0.25, -0.2) is 8.78 Å². The third-order valence-corrected chi connectivity index (χ3v) is 2.66. The van der Waals surface area contributed by atoms with Crippen LogP contribution >= 0.6 is 0 Å². The smallest absolute Gasteiger partial charge is 0.257 e. The van der Waals surface area contributed by atoms with E-state index in [1.54, 1.807) is 6.92 Å². The highest BCUT2D eigenvalue weighted by atomic mass is 19.1. The molecule has 0 unspecified atom stereocenters. The summed E-state index contributed by atoms with van der Waals surface area (Å²) in [5.74, 6) is -1.76. The van der Waals surface area contributed by atoms with E-state index in [9.17, 15) is 13.6 Å². The van der Waals surface area contributed by atoms with E-state index < -0.39 is 17.5 Å². The monoisotopic (exact) mass is 266 g/mol. The summed E-state index contributed by atoms with van der Waals surface area (Å²) in [5, 5.41) is 8.77. The lowest BCUT2D eigenvalue weighted by atomic mass is 10.2. The van der Waals surface area contributed by atoms with Gasteiger partial charge in [0.1, 0.15) is 17.2 Å². The van der Waals surface area contributed by atoms with Gasteiger partial charge in [-0.1, -0.05) is 6.07 Å². The second kappa shape index (κ2) is 5.05. The molecular weight excluding hydrogens is 254 g/mol. The Bertz CT molecular complexity index is 605. The van der Waals surface area contributed by atoms with Crippen molar-refractivity contribution in [3.8, 4) is 0 Å². The number of anilines is 1. The quantitative estimate of drug-likeness (QED) is 0.787. The number of hydrogen-bond acceptors (Lipinski definition) is 3. The number of nitrogens with zero attached hydrogens (tertiary/aromatic N) is 1. The minimum absolute atomic E-state index is 0.0605. The number of rotatable bonds is 3. The summed E-state index contributed by atoms with van der Waals surface area (Å²) in [7, 11) is 0. The van der Waals surface area contributed by atoms with Crippen molar-refractivity contribution in [1.29, 1.82) is 0 Å². The van der Waals surface area contributed by atoms with Gasteiger partial charge in [-0.15, -0.1) is 0 Å². The van der Waals surface area contributed by atoms with Gasteiger partial charge in [-0.3, -0.25) is 9.89 Å². The van der Waals surface area contributed by atoms with Crippen LogP contribution in [0.25, 0.3) is 0 Å². The molecule has 4 N–H and O–H groups in total. The van der Waals surface area contributed by atoms with Crippen LogP contribution in [-0.4, -0.2) is 16.1 Å². The number of carbonyl (C=O) groups excluding carboxylic acids is 1. The molecule has 1 aromatic carbocycles. The fourth-order valence-corrected chi connectivity index (χ4v) is 1.66. The van der Waals surface area contributed by atoms with Crippen molar-refractivity contribution in [3.63, 3.8) is 0 Å². The van der Waals surface area contributed by atoms with Crippen LogP contribution in [0.3, 0.4) is 0 Å². The van der Waals surface area contributed by atoms with Gasteiger partial charge in [0.2, 0.25) is 0 Å². The van der Waals surface area contributed by atoms with Gasteiger partial charge in [0.05, 0.1) is 0 Å². The molecule has 0 fully saturated rings. The number of amides is 1. The molecule has 0 aliphatic heterocycles. The Morgan fingerprint density at radius 1 is 1.47 bits per heavy atom. The Kier molecular flexibility index (Phi) is 3.46. The average Bonchev–Trinajstić information content (AvgIpc) is 2.68. The molecular formula is C12H12F2N4O. The molecule has 0 aliphatic carbocycles. The number of hydrogen-bond donors (Lipinski definition) is 3. The number of aromatic nitrogens is 2. The predicted octanol–water partition coefficient (Wildman–Crippen LogP) is 1.51. The van der Waals surface area contributed by atoms with E-state index in [1.807, 2.05) is 0 Å². The van der Waals surface area contributed by atoms with Crippen molar-refractivity contribution >= 4 is 11.7 Å². The molecule has 5 nitrogen and oxygen atoms in total. The zero-order valence-electron chi connectivity index (χ0n) is 10.1. The van der Waals surface area contributed by atoms with Gasteiger partial charge in [-0.2, -0.15) is 5.10 Å². The van der Waals surface area contributed by atoms with Gasteiger partial charge in [-0.05, 0) is 13.0 Å². The number of nitrogen functional groups attached to an aromatic ring is 1. The maximum Gasteiger partial charge on any atom is 0.257 e. The molecule has 0 saturated carbocycles. The molecule has 0 atom stereocenters. The Hall–Kier alpha value is -2.44. The molecule has 0 radical (unpaired) electrons. The summed E-state index contributed by atoms with van der Waals surface area (Å²) in [6, 6.07) is 3.16. The van der Waals surface area contributed by atoms with Crippen LogP contribution < -0.4 is 11.1 Å². The topological polar surface area (TPSA) is 83.8 Å². The summed E-state index contributed by atoms with van der Waals surface area (Å²) >= 11 is 0. The zero-order chi connectivity index (χ0) is 14.0. The van der Waals surface area contributed by atoms with Crippen LogP contribution in [0.4, 0.5) is 14.6 Å². The van der Waals surface area contributed by atoms with E-state index in [1.165, 1.54) is 6.07 Å². The summed E-state index contributed by atoms with van der Waals surface area (Å²) in [6.45, 7) is 1.59. The van der Waals surface area contributed by atoms with Crippen LogP contribution in [0.5, 0.6) is 0 Å². The molecule has 2 rings (SSSR count). The molecule has 0 saturated heterocycles. The zero-order valence-corrected chi connectivity index (χ0v) is 10.1. The highest BCUT2D eigenvalue weighted by Crippen LogP contribution is 2.13. The minimum atomic E-state index is -0.711. The fourth-order valence-electron chi connectivity index (χ4n) is 1.66. The lowest BCUT2D eigenvalue weighted by Gasteiger charge is -2.06. The van der Waals surface area contributed by atoms with Gasteiger partial charge >= 0.3 is 0 Å². The highest BCUT2D eigenvalue weighted by molar-refractivity contribution is 5.99. The van der Waals surface area contributed by atoms with Gasteiger partial charge in [0, 0.05) is 23.9 Å². The summed E-state index contributed by atoms with van der Waals surface area (Å²) in [5.41, 5.74) is 6.47. The van der Waals surface area contributed by atoms with Crippen LogP contribution in [0.1, 0.15) is 21.6 Å². The summed E-state index contributed by atoms with van der Waals surface area (Å²) in [6.07, 6.45) is 0. The third-order valence-electron chi connectivity index (χ3n) is 2.66. The van der Waals surface area contributed by atoms with Gasteiger partial charge in [0.25, 0.3) is 5.91 Å². The fraction of sp³-hybridized carbons (Fsp3) is 0.167. The van der Waals surface area contributed by atoms with Crippen molar-refractivity contribution in [3.05, 3.63) is 46.7 Å². The van der Waals surface area contributed by atoms with Crippen LogP contribution in [-0.2, 0) is 6.54 Å². The molecule has 1 aromatic heterocycles. The molecule has 7 heteroatoms. The first-order valence-corrected chi connectivity index (χ1v) is 5.51. The largest absolute Gasteiger partial charge is 0.382 e. The molecule has 100 valence electrons. The molecule has 0 aliphatic rings. The Balaban J connectivity index is 2.09. The molecule has 1 amide bonds.